The average molecular weight is 322 g/mol. The Morgan fingerprint density at radius 1 is 1.19 bits per heavy atom. The van der Waals surface area contributed by atoms with Gasteiger partial charge < -0.3 is 20.7 Å². The van der Waals surface area contributed by atoms with Crippen molar-refractivity contribution in [3.05, 3.63) is 0 Å². The summed E-state index contributed by atoms with van der Waals surface area (Å²) in [5, 5.41) is 8.85. The van der Waals surface area contributed by atoms with Crippen LogP contribution in [0, 0.1) is 5.41 Å². The van der Waals surface area contributed by atoms with Gasteiger partial charge in [-0.1, -0.05) is 6.92 Å². The van der Waals surface area contributed by atoms with Gasteiger partial charge in [-0.15, -0.1) is 12.4 Å². The lowest BCUT2D eigenvalue weighted by Gasteiger charge is -2.37. The summed E-state index contributed by atoms with van der Waals surface area (Å²) < 4.78 is 5.30. The van der Waals surface area contributed by atoms with E-state index < -0.39 is 0 Å². The number of hydrogen-bond donors (Lipinski definition) is 3. The minimum atomic E-state index is -0.136. The summed E-state index contributed by atoms with van der Waals surface area (Å²) in [6, 6.07) is 0. The van der Waals surface area contributed by atoms with Crippen molar-refractivity contribution in [2.75, 3.05) is 39.9 Å². The van der Waals surface area contributed by atoms with E-state index in [1.54, 1.807) is 7.11 Å². The Balaban J connectivity index is 0.00000400. The molecule has 0 aromatic carbocycles. The maximum Gasteiger partial charge on any atom is 0.239 e. The van der Waals surface area contributed by atoms with E-state index in [2.05, 4.69) is 16.0 Å². The highest BCUT2D eigenvalue weighted by Gasteiger charge is 2.32. The van der Waals surface area contributed by atoms with Crippen LogP contribution in [-0.4, -0.2) is 51.7 Å². The highest BCUT2D eigenvalue weighted by molar-refractivity contribution is 5.85. The topological polar surface area (TPSA) is 79.5 Å². The monoisotopic (exact) mass is 321 g/mol. The van der Waals surface area contributed by atoms with Gasteiger partial charge in [0.2, 0.25) is 11.8 Å². The molecule has 1 heterocycles. The van der Waals surface area contributed by atoms with E-state index in [1.807, 2.05) is 6.92 Å². The van der Waals surface area contributed by atoms with Crippen molar-refractivity contribution < 1.29 is 14.3 Å². The van der Waals surface area contributed by atoms with Crippen molar-refractivity contribution in [3.8, 4) is 0 Å². The van der Waals surface area contributed by atoms with Crippen LogP contribution in [0.15, 0.2) is 0 Å². The normalized spacial score (nSPS) is 16.7. The van der Waals surface area contributed by atoms with Gasteiger partial charge in [0, 0.05) is 25.5 Å². The van der Waals surface area contributed by atoms with Gasteiger partial charge in [0.15, 0.2) is 0 Å². The Hall–Kier alpha value is -0.850. The second-order valence-electron chi connectivity index (χ2n) is 5.49. The quantitative estimate of drug-likeness (QED) is 0.607. The molecule has 0 bridgehead atoms. The number of ether oxygens (including phenoxy) is 1. The summed E-state index contributed by atoms with van der Waals surface area (Å²) in [5.74, 6) is -0.209. The Morgan fingerprint density at radius 2 is 1.86 bits per heavy atom. The molecule has 0 radical (unpaired) electrons. The van der Waals surface area contributed by atoms with Crippen molar-refractivity contribution in [1.29, 1.82) is 0 Å². The molecule has 3 N–H and O–H groups in total. The first-order chi connectivity index (χ1) is 9.62. The second kappa shape index (κ2) is 10.8. The zero-order chi connectivity index (χ0) is 14.8. The summed E-state index contributed by atoms with van der Waals surface area (Å²) in [7, 11) is 1.69. The Labute approximate surface area is 133 Å². The summed E-state index contributed by atoms with van der Waals surface area (Å²) in [6.07, 6.45) is 3.23. The first kappa shape index (κ1) is 20.1. The zero-order valence-corrected chi connectivity index (χ0v) is 13.8. The van der Waals surface area contributed by atoms with E-state index in [1.165, 1.54) is 0 Å². The van der Waals surface area contributed by atoms with E-state index in [9.17, 15) is 9.59 Å². The molecule has 1 aliphatic heterocycles. The molecule has 21 heavy (non-hydrogen) atoms. The van der Waals surface area contributed by atoms with Gasteiger partial charge in [-0.25, -0.2) is 0 Å². The molecule has 0 atom stereocenters. The fourth-order valence-corrected chi connectivity index (χ4v) is 2.48. The van der Waals surface area contributed by atoms with Crippen LogP contribution >= 0.6 is 12.4 Å². The van der Waals surface area contributed by atoms with Gasteiger partial charge in [0.05, 0.1) is 13.2 Å². The first-order valence-corrected chi connectivity index (χ1v) is 7.35. The number of halogens is 1. The third kappa shape index (κ3) is 7.64. The van der Waals surface area contributed by atoms with Crippen LogP contribution in [0.5, 0.6) is 0 Å². The largest absolute Gasteiger partial charge is 0.384 e. The lowest BCUT2D eigenvalue weighted by molar-refractivity contribution is -0.126. The highest BCUT2D eigenvalue weighted by atomic mass is 35.5. The van der Waals surface area contributed by atoms with E-state index in [-0.39, 0.29) is 36.2 Å². The van der Waals surface area contributed by atoms with Crippen molar-refractivity contribution in [3.63, 3.8) is 0 Å². The van der Waals surface area contributed by atoms with Crippen molar-refractivity contribution in [1.82, 2.24) is 16.0 Å². The second-order valence-corrected chi connectivity index (χ2v) is 5.49. The molecule has 1 saturated heterocycles. The number of piperidine rings is 1. The molecule has 1 aliphatic rings. The summed E-state index contributed by atoms with van der Waals surface area (Å²) in [5.41, 5.74) is 0.0170. The summed E-state index contributed by atoms with van der Waals surface area (Å²) in [6.45, 7) is 5.15. The van der Waals surface area contributed by atoms with Crippen LogP contribution in [0.2, 0.25) is 0 Å². The molecule has 7 heteroatoms. The molecule has 2 amide bonds. The lowest BCUT2D eigenvalue weighted by Crippen LogP contribution is -2.48. The third-order valence-corrected chi connectivity index (χ3v) is 3.70. The van der Waals surface area contributed by atoms with Gasteiger partial charge in [0.1, 0.15) is 0 Å². The summed E-state index contributed by atoms with van der Waals surface area (Å²) in [4.78, 5) is 23.1. The van der Waals surface area contributed by atoms with Gasteiger partial charge in [-0.3, -0.25) is 9.59 Å². The Morgan fingerprint density at radius 3 is 2.43 bits per heavy atom. The number of amides is 2. The van der Waals surface area contributed by atoms with Crippen LogP contribution in [0.3, 0.4) is 0 Å². The number of hydrogen-bond acceptors (Lipinski definition) is 4. The lowest BCUT2D eigenvalue weighted by atomic mass is 9.79. The van der Waals surface area contributed by atoms with Crippen molar-refractivity contribution in [2.24, 2.45) is 5.41 Å². The molecule has 1 fully saturated rings. The molecule has 0 saturated carbocycles. The highest BCUT2D eigenvalue weighted by Crippen LogP contribution is 2.28. The van der Waals surface area contributed by atoms with Gasteiger partial charge >= 0.3 is 0 Å². The van der Waals surface area contributed by atoms with Crippen LogP contribution in [0.25, 0.3) is 0 Å². The van der Waals surface area contributed by atoms with E-state index in [0.717, 1.165) is 32.4 Å². The smallest absolute Gasteiger partial charge is 0.239 e. The predicted molar refractivity (Wildman–Crippen MR) is 84.6 cm³/mol. The fraction of sp³-hybridized carbons (Fsp3) is 0.857. The van der Waals surface area contributed by atoms with Crippen LogP contribution in [0.1, 0.15) is 32.6 Å². The van der Waals surface area contributed by atoms with E-state index in [4.69, 9.17) is 4.74 Å². The van der Waals surface area contributed by atoms with Crippen LogP contribution < -0.4 is 16.0 Å². The van der Waals surface area contributed by atoms with Gasteiger partial charge in [0.25, 0.3) is 0 Å². The van der Waals surface area contributed by atoms with Crippen LogP contribution in [-0.2, 0) is 14.3 Å². The molecular formula is C14H28ClN3O3. The average Bonchev–Trinajstić information content (AvgIpc) is 2.45. The fourth-order valence-electron chi connectivity index (χ4n) is 2.48. The number of methoxy groups -OCH3 is 1. The predicted octanol–water partition coefficient (Wildman–Crippen LogP) is 0.457. The number of rotatable bonds is 8. The molecule has 0 aromatic heterocycles. The minimum Gasteiger partial charge on any atom is -0.384 e. The molecule has 0 unspecified atom stereocenters. The van der Waals surface area contributed by atoms with Crippen LogP contribution in [0.4, 0.5) is 0 Å². The molecule has 0 aliphatic carbocycles. The maximum atomic E-state index is 11.8. The SMILES string of the molecule is CCCC(=O)NCC(=O)NCC1(COC)CCNCC1.Cl. The standard InChI is InChI=1S/C14H27N3O3.ClH/c1-3-4-12(18)16-9-13(19)17-10-14(11-20-2)5-7-15-8-6-14;/h15H,3-11H2,1-2H3,(H,16,18)(H,17,19);1H. The van der Waals surface area contributed by atoms with E-state index >= 15 is 0 Å². The Bertz CT molecular complexity index is 315. The Kier molecular flexibility index (Phi) is 10.4. The molecular weight excluding hydrogens is 294 g/mol. The molecule has 0 spiro atoms. The number of nitrogens with one attached hydrogen (secondary N) is 3. The number of carbonyl (C=O) groups excluding carboxylic acids is 2. The molecule has 1 rings (SSSR count). The van der Waals surface area contributed by atoms with Crippen molar-refractivity contribution >= 4 is 24.2 Å². The number of carbonyl (C=O) groups is 2. The molecule has 124 valence electrons. The molecule has 6 nitrogen and oxygen atoms in total. The zero-order valence-electron chi connectivity index (χ0n) is 13.0. The van der Waals surface area contributed by atoms with Gasteiger partial charge in [-0.05, 0) is 32.4 Å². The maximum absolute atomic E-state index is 11.8. The van der Waals surface area contributed by atoms with Gasteiger partial charge in [-0.2, -0.15) is 0 Å². The summed E-state index contributed by atoms with van der Waals surface area (Å²) >= 11 is 0. The molecule has 0 aromatic rings. The third-order valence-electron chi connectivity index (χ3n) is 3.70. The van der Waals surface area contributed by atoms with Crippen molar-refractivity contribution in [2.45, 2.75) is 32.6 Å². The first-order valence-electron chi connectivity index (χ1n) is 7.35. The minimum absolute atomic E-state index is 0. The van der Waals surface area contributed by atoms with E-state index in [0.29, 0.717) is 19.6 Å².